The van der Waals surface area contributed by atoms with E-state index >= 15 is 0 Å². The van der Waals surface area contributed by atoms with Gasteiger partial charge in [-0.1, -0.05) is 24.9 Å². The molecule has 0 radical (unpaired) electrons. The lowest BCUT2D eigenvalue weighted by Crippen LogP contribution is -2.07. The van der Waals surface area contributed by atoms with E-state index in [1.807, 2.05) is 11.4 Å². The van der Waals surface area contributed by atoms with Gasteiger partial charge in [0.15, 0.2) is 0 Å². The summed E-state index contributed by atoms with van der Waals surface area (Å²) in [6.45, 7) is 2.13. The highest BCUT2D eigenvalue weighted by molar-refractivity contribution is 7.10. The van der Waals surface area contributed by atoms with Gasteiger partial charge in [-0.05, 0) is 17.9 Å². The average Bonchev–Trinajstić information content (AvgIpc) is 2.36. The second kappa shape index (κ2) is 4.10. The Balaban J connectivity index is 2.67. The molecule has 3 heteroatoms. The fourth-order valence-electron chi connectivity index (χ4n) is 1.01. The highest BCUT2D eigenvalue weighted by atomic mass is 35.5. The van der Waals surface area contributed by atoms with Crippen LogP contribution < -0.4 is 5.73 Å². The normalized spacial score (nSPS) is 13.4. The molecule has 0 spiro atoms. The Hall–Kier alpha value is -0.0500. The zero-order valence-electron chi connectivity index (χ0n) is 6.51. The molecule has 0 aromatic carbocycles. The number of hydrogen-bond acceptors (Lipinski definition) is 2. The van der Waals surface area contributed by atoms with Crippen molar-refractivity contribution in [1.29, 1.82) is 0 Å². The summed E-state index contributed by atoms with van der Waals surface area (Å²) in [5.41, 5.74) is 5.88. The van der Waals surface area contributed by atoms with E-state index in [0.29, 0.717) is 0 Å². The molecule has 1 rings (SSSR count). The molecule has 62 valence electrons. The van der Waals surface area contributed by atoms with Crippen molar-refractivity contribution < 1.29 is 0 Å². The maximum atomic E-state index is 5.90. The molecule has 0 aliphatic rings. The summed E-state index contributed by atoms with van der Waals surface area (Å²) in [7, 11) is 0. The van der Waals surface area contributed by atoms with Gasteiger partial charge in [0.05, 0.1) is 5.02 Å². The Morgan fingerprint density at radius 1 is 1.73 bits per heavy atom. The Bertz CT molecular complexity index is 222. The van der Waals surface area contributed by atoms with Crippen molar-refractivity contribution in [2.24, 2.45) is 5.73 Å². The van der Waals surface area contributed by atoms with Gasteiger partial charge in [-0.15, -0.1) is 11.3 Å². The van der Waals surface area contributed by atoms with Crippen LogP contribution in [0.4, 0.5) is 0 Å². The molecule has 0 unspecified atom stereocenters. The molecule has 1 atom stereocenters. The van der Waals surface area contributed by atoms with Crippen molar-refractivity contribution in [2.45, 2.75) is 25.8 Å². The molecule has 1 heterocycles. The average molecular weight is 190 g/mol. The summed E-state index contributed by atoms with van der Waals surface area (Å²) in [5.74, 6) is 0. The van der Waals surface area contributed by atoms with Crippen LogP contribution in [-0.4, -0.2) is 0 Å². The highest BCUT2D eigenvalue weighted by Gasteiger charge is 2.09. The van der Waals surface area contributed by atoms with Crippen molar-refractivity contribution in [3.8, 4) is 0 Å². The van der Waals surface area contributed by atoms with Crippen LogP contribution in [-0.2, 0) is 0 Å². The van der Waals surface area contributed by atoms with E-state index in [-0.39, 0.29) is 6.04 Å². The number of nitrogens with two attached hydrogens (primary N) is 1. The van der Waals surface area contributed by atoms with Gasteiger partial charge < -0.3 is 5.73 Å². The number of halogens is 1. The number of hydrogen-bond donors (Lipinski definition) is 1. The zero-order chi connectivity index (χ0) is 8.27. The molecule has 0 aliphatic carbocycles. The lowest BCUT2D eigenvalue weighted by Gasteiger charge is -2.07. The van der Waals surface area contributed by atoms with Crippen molar-refractivity contribution >= 4 is 22.9 Å². The second-order valence-corrected chi connectivity index (χ2v) is 3.88. The minimum absolute atomic E-state index is 0.132. The molecule has 0 bridgehead atoms. The summed E-state index contributed by atoms with van der Waals surface area (Å²) >= 11 is 7.54. The van der Waals surface area contributed by atoms with E-state index in [4.69, 9.17) is 17.3 Å². The second-order valence-electron chi connectivity index (χ2n) is 2.53. The third kappa shape index (κ3) is 2.19. The minimum atomic E-state index is 0.132. The van der Waals surface area contributed by atoms with Crippen molar-refractivity contribution in [2.75, 3.05) is 0 Å². The molecule has 11 heavy (non-hydrogen) atoms. The summed E-state index contributed by atoms with van der Waals surface area (Å²) in [6.07, 6.45) is 2.12. The molecule has 2 N–H and O–H groups in total. The van der Waals surface area contributed by atoms with Gasteiger partial charge in [-0.2, -0.15) is 0 Å². The van der Waals surface area contributed by atoms with Gasteiger partial charge in [0, 0.05) is 10.9 Å². The smallest absolute Gasteiger partial charge is 0.0561 e. The Labute approximate surface area is 76.2 Å². The van der Waals surface area contributed by atoms with E-state index in [0.717, 1.165) is 22.7 Å². The van der Waals surface area contributed by atoms with E-state index in [2.05, 4.69) is 6.92 Å². The van der Waals surface area contributed by atoms with Crippen molar-refractivity contribution in [1.82, 2.24) is 0 Å². The largest absolute Gasteiger partial charge is 0.323 e. The van der Waals surface area contributed by atoms with Crippen LogP contribution in [0, 0.1) is 0 Å². The Morgan fingerprint density at radius 3 is 2.91 bits per heavy atom. The van der Waals surface area contributed by atoms with Crippen LogP contribution in [0.25, 0.3) is 0 Å². The van der Waals surface area contributed by atoms with E-state index < -0.39 is 0 Å². The quantitative estimate of drug-likeness (QED) is 0.777. The zero-order valence-corrected chi connectivity index (χ0v) is 8.08. The fourth-order valence-corrected chi connectivity index (χ4v) is 2.25. The van der Waals surface area contributed by atoms with Crippen LogP contribution >= 0.6 is 22.9 Å². The molecule has 0 saturated carbocycles. The van der Waals surface area contributed by atoms with Crippen LogP contribution in [0.2, 0.25) is 5.02 Å². The third-order valence-electron chi connectivity index (χ3n) is 1.58. The molecule has 0 saturated heterocycles. The Kier molecular flexibility index (Phi) is 3.37. The number of rotatable bonds is 3. The van der Waals surface area contributed by atoms with Gasteiger partial charge in [0.25, 0.3) is 0 Å². The van der Waals surface area contributed by atoms with E-state index in [1.165, 1.54) is 0 Å². The summed E-state index contributed by atoms with van der Waals surface area (Å²) in [4.78, 5) is 1.12. The monoisotopic (exact) mass is 189 g/mol. The van der Waals surface area contributed by atoms with Gasteiger partial charge in [0.1, 0.15) is 0 Å². The fraction of sp³-hybridized carbons (Fsp3) is 0.500. The summed E-state index contributed by atoms with van der Waals surface area (Å²) in [6, 6.07) is 2.03. The minimum Gasteiger partial charge on any atom is -0.323 e. The highest BCUT2D eigenvalue weighted by Crippen LogP contribution is 2.29. The predicted octanol–water partition coefficient (Wildman–Crippen LogP) is 3.20. The van der Waals surface area contributed by atoms with Gasteiger partial charge in [-0.25, -0.2) is 0 Å². The summed E-state index contributed by atoms with van der Waals surface area (Å²) < 4.78 is 0. The van der Waals surface area contributed by atoms with Gasteiger partial charge in [-0.3, -0.25) is 0 Å². The van der Waals surface area contributed by atoms with Crippen molar-refractivity contribution in [3.63, 3.8) is 0 Å². The number of thiophene rings is 1. The molecule has 1 aromatic heterocycles. The first kappa shape index (κ1) is 9.04. The first-order chi connectivity index (χ1) is 5.25. The maximum absolute atomic E-state index is 5.90. The first-order valence-electron chi connectivity index (χ1n) is 3.74. The SMILES string of the molecule is CCC[C@H](N)c1sccc1Cl. The van der Waals surface area contributed by atoms with Gasteiger partial charge in [0.2, 0.25) is 0 Å². The van der Waals surface area contributed by atoms with Crippen LogP contribution in [0.5, 0.6) is 0 Å². The van der Waals surface area contributed by atoms with E-state index in [9.17, 15) is 0 Å². The van der Waals surface area contributed by atoms with Crippen LogP contribution in [0.3, 0.4) is 0 Å². The van der Waals surface area contributed by atoms with Crippen molar-refractivity contribution in [3.05, 3.63) is 21.3 Å². The summed E-state index contributed by atoms with van der Waals surface area (Å²) in [5, 5.41) is 2.80. The van der Waals surface area contributed by atoms with Gasteiger partial charge >= 0.3 is 0 Å². The van der Waals surface area contributed by atoms with E-state index in [1.54, 1.807) is 11.3 Å². The molecule has 1 aromatic rings. The molecule has 0 fully saturated rings. The molecule has 1 nitrogen and oxygen atoms in total. The lowest BCUT2D eigenvalue weighted by atomic mass is 10.1. The first-order valence-corrected chi connectivity index (χ1v) is 5.00. The lowest BCUT2D eigenvalue weighted by molar-refractivity contribution is 0.648. The Morgan fingerprint density at radius 2 is 2.45 bits per heavy atom. The molecule has 0 aliphatic heterocycles. The topological polar surface area (TPSA) is 26.0 Å². The van der Waals surface area contributed by atoms with Crippen LogP contribution in [0.15, 0.2) is 11.4 Å². The standard InChI is InChI=1S/C8H12ClNS/c1-2-3-7(10)8-6(9)4-5-11-8/h4-5,7H,2-3,10H2,1H3/t7-/m0/s1. The molecule has 0 amide bonds. The molecular formula is C8H12ClNS. The maximum Gasteiger partial charge on any atom is 0.0561 e. The molecular weight excluding hydrogens is 178 g/mol. The third-order valence-corrected chi connectivity index (χ3v) is 3.07. The predicted molar refractivity (Wildman–Crippen MR) is 51.2 cm³/mol. The van der Waals surface area contributed by atoms with Crippen LogP contribution in [0.1, 0.15) is 30.7 Å².